The molecule has 118 valence electrons. The highest BCUT2D eigenvalue weighted by Gasteiger charge is 2.31. The number of benzene rings is 1. The maximum Gasteiger partial charge on any atom is 0.244 e. The van der Waals surface area contributed by atoms with Gasteiger partial charge >= 0.3 is 0 Å². The smallest absolute Gasteiger partial charge is 0.207 e. The summed E-state index contributed by atoms with van der Waals surface area (Å²) in [6.07, 6.45) is 0.985. The molecule has 1 aromatic rings. The first-order chi connectivity index (χ1) is 9.90. The number of nitrogens with zero attached hydrogens (tertiary/aromatic N) is 1. The van der Waals surface area contributed by atoms with Crippen molar-refractivity contribution >= 4 is 49.3 Å². The number of aryl methyl sites for hydroxylation is 1. The van der Waals surface area contributed by atoms with Gasteiger partial charge in [0.2, 0.25) is 10.0 Å². The molecule has 2 rings (SSSR count). The van der Waals surface area contributed by atoms with Gasteiger partial charge in [-0.25, -0.2) is 8.42 Å². The Kier molecular flexibility index (Phi) is 6.05. The molecule has 0 aromatic heterocycles. The van der Waals surface area contributed by atoms with E-state index >= 15 is 0 Å². The van der Waals surface area contributed by atoms with Gasteiger partial charge in [0.15, 0.2) is 0 Å². The molecule has 1 aliphatic heterocycles. The molecule has 1 unspecified atom stereocenters. The Hall–Kier alpha value is 0.250. The highest BCUT2D eigenvalue weighted by Crippen LogP contribution is 2.32. The summed E-state index contributed by atoms with van der Waals surface area (Å²) in [6, 6.07) is 3.60. The summed E-state index contributed by atoms with van der Waals surface area (Å²) in [5, 5.41) is 0.379. The molecule has 0 bridgehead atoms. The Morgan fingerprint density at radius 1 is 1.48 bits per heavy atom. The van der Waals surface area contributed by atoms with Gasteiger partial charge in [-0.05, 0) is 46.5 Å². The summed E-state index contributed by atoms with van der Waals surface area (Å²) in [5.74, 6) is 1.16. The zero-order valence-electron chi connectivity index (χ0n) is 12.1. The molecule has 1 aromatic carbocycles. The van der Waals surface area contributed by atoms with Crippen molar-refractivity contribution in [3.05, 3.63) is 27.7 Å². The van der Waals surface area contributed by atoms with Gasteiger partial charge in [-0.1, -0.05) is 13.0 Å². The molecule has 0 radical (unpaired) electrons. The normalized spacial score (nSPS) is 20.7. The molecule has 21 heavy (non-hydrogen) atoms. The summed E-state index contributed by atoms with van der Waals surface area (Å²) >= 11 is 11.2. The molecule has 0 saturated carbocycles. The first-order valence-corrected chi connectivity index (χ1v) is 10.7. The van der Waals surface area contributed by atoms with E-state index in [1.54, 1.807) is 10.4 Å². The average Bonchev–Trinajstić information content (AvgIpc) is 2.49. The minimum absolute atomic E-state index is 0.310. The quantitative estimate of drug-likeness (QED) is 0.701. The minimum atomic E-state index is -3.48. The van der Waals surface area contributed by atoms with E-state index in [4.69, 9.17) is 11.6 Å². The van der Waals surface area contributed by atoms with Crippen molar-refractivity contribution in [3.63, 3.8) is 0 Å². The number of hydrogen-bond acceptors (Lipinski definition) is 3. The monoisotopic (exact) mass is 411 g/mol. The van der Waals surface area contributed by atoms with E-state index in [-0.39, 0.29) is 0 Å². The van der Waals surface area contributed by atoms with Crippen molar-refractivity contribution in [1.29, 1.82) is 0 Å². The Bertz CT molecular complexity index is 622. The fraction of sp³-hybridized carbons (Fsp3) is 0.571. The summed E-state index contributed by atoms with van der Waals surface area (Å²) in [4.78, 5) is 0.333. The lowest BCUT2D eigenvalue weighted by atomic mass is 10.2. The van der Waals surface area contributed by atoms with Crippen LogP contribution >= 0.6 is 39.3 Å². The number of thioether (sulfide) groups is 1. The van der Waals surface area contributed by atoms with Gasteiger partial charge in [-0.3, -0.25) is 0 Å². The van der Waals surface area contributed by atoms with E-state index in [0.29, 0.717) is 33.6 Å². The first kappa shape index (κ1) is 17.6. The van der Waals surface area contributed by atoms with Crippen LogP contribution in [0, 0.1) is 6.92 Å². The number of sulfonamides is 1. The van der Waals surface area contributed by atoms with Crippen molar-refractivity contribution in [2.45, 2.75) is 36.3 Å². The van der Waals surface area contributed by atoms with E-state index in [2.05, 4.69) is 22.9 Å². The van der Waals surface area contributed by atoms with Crippen LogP contribution < -0.4 is 0 Å². The molecule has 3 nitrogen and oxygen atoms in total. The number of halogens is 2. The third-order valence-corrected chi connectivity index (χ3v) is 8.49. The van der Waals surface area contributed by atoms with Crippen LogP contribution in [0.1, 0.15) is 24.5 Å². The third-order valence-electron chi connectivity index (χ3n) is 3.61. The SMILES string of the molecule is CCC1CN(S(=O)(=O)c2cc(CCl)cc(C)c2Br)CCS1. The van der Waals surface area contributed by atoms with Gasteiger partial charge in [0, 0.05) is 34.4 Å². The predicted octanol–water partition coefficient (Wildman–Crippen LogP) is 4.01. The molecule has 1 aliphatic rings. The van der Waals surface area contributed by atoms with Crippen molar-refractivity contribution in [2.75, 3.05) is 18.8 Å². The zero-order chi connectivity index (χ0) is 15.6. The number of hydrogen-bond donors (Lipinski definition) is 0. The van der Waals surface area contributed by atoms with E-state index in [0.717, 1.165) is 23.3 Å². The molecular formula is C14H19BrClNO2S2. The van der Waals surface area contributed by atoms with Gasteiger partial charge in [0.25, 0.3) is 0 Å². The second kappa shape index (κ2) is 7.21. The summed E-state index contributed by atoms with van der Waals surface area (Å²) in [5.41, 5.74) is 1.72. The average molecular weight is 413 g/mol. The molecule has 1 heterocycles. The van der Waals surface area contributed by atoms with Crippen LogP contribution in [-0.2, 0) is 15.9 Å². The van der Waals surface area contributed by atoms with Crippen LogP contribution in [0.2, 0.25) is 0 Å². The van der Waals surface area contributed by atoms with Crippen LogP contribution in [0.4, 0.5) is 0 Å². The Morgan fingerprint density at radius 3 is 2.81 bits per heavy atom. The fourth-order valence-corrected chi connectivity index (χ4v) is 6.43. The zero-order valence-corrected chi connectivity index (χ0v) is 16.1. The predicted molar refractivity (Wildman–Crippen MR) is 93.7 cm³/mol. The van der Waals surface area contributed by atoms with Gasteiger partial charge < -0.3 is 0 Å². The second-order valence-corrected chi connectivity index (χ2v) is 9.50. The van der Waals surface area contributed by atoms with Crippen molar-refractivity contribution in [3.8, 4) is 0 Å². The van der Waals surface area contributed by atoms with Gasteiger partial charge in [0.05, 0.1) is 4.90 Å². The van der Waals surface area contributed by atoms with E-state index in [1.165, 1.54) is 0 Å². The van der Waals surface area contributed by atoms with Crippen LogP contribution in [0.3, 0.4) is 0 Å². The molecule has 0 amide bonds. The lowest BCUT2D eigenvalue weighted by molar-refractivity contribution is 0.415. The van der Waals surface area contributed by atoms with Crippen LogP contribution in [0.15, 0.2) is 21.5 Å². The van der Waals surface area contributed by atoms with Crippen LogP contribution in [0.5, 0.6) is 0 Å². The first-order valence-electron chi connectivity index (χ1n) is 6.86. The molecular weight excluding hydrogens is 394 g/mol. The minimum Gasteiger partial charge on any atom is -0.207 e. The molecule has 0 aliphatic carbocycles. The summed E-state index contributed by atoms with van der Waals surface area (Å²) < 4.78 is 28.1. The molecule has 0 spiro atoms. The van der Waals surface area contributed by atoms with Gasteiger partial charge in [-0.2, -0.15) is 16.1 Å². The lowest BCUT2D eigenvalue weighted by Gasteiger charge is -2.31. The molecule has 1 saturated heterocycles. The molecule has 1 atom stereocenters. The van der Waals surface area contributed by atoms with Gasteiger partial charge in [-0.15, -0.1) is 11.6 Å². The Morgan fingerprint density at radius 2 is 2.19 bits per heavy atom. The Balaban J connectivity index is 2.41. The fourth-order valence-electron chi connectivity index (χ4n) is 2.37. The largest absolute Gasteiger partial charge is 0.244 e. The summed E-state index contributed by atoms with van der Waals surface area (Å²) in [6.45, 7) is 5.14. The second-order valence-electron chi connectivity index (χ2n) is 5.12. The van der Waals surface area contributed by atoms with E-state index < -0.39 is 10.0 Å². The molecule has 1 fully saturated rings. The topological polar surface area (TPSA) is 37.4 Å². The third kappa shape index (κ3) is 3.78. The number of alkyl halides is 1. The van der Waals surface area contributed by atoms with E-state index in [1.807, 2.05) is 24.8 Å². The maximum atomic E-state index is 12.9. The highest BCUT2D eigenvalue weighted by molar-refractivity contribution is 9.10. The molecule has 0 N–H and O–H groups in total. The van der Waals surface area contributed by atoms with Crippen LogP contribution in [0.25, 0.3) is 0 Å². The summed E-state index contributed by atoms with van der Waals surface area (Å²) in [7, 11) is -3.48. The standard InChI is InChI=1S/C14H19BrClNO2S2/c1-3-12-9-17(4-5-20-12)21(18,19)13-7-11(8-16)6-10(2)14(13)15/h6-7,12H,3-5,8-9H2,1-2H3. The van der Waals surface area contributed by atoms with Crippen molar-refractivity contribution in [1.82, 2.24) is 4.31 Å². The Labute approximate surface area is 144 Å². The van der Waals surface area contributed by atoms with Crippen LogP contribution in [-0.4, -0.2) is 36.8 Å². The number of rotatable bonds is 4. The van der Waals surface area contributed by atoms with Gasteiger partial charge in [0.1, 0.15) is 0 Å². The van der Waals surface area contributed by atoms with E-state index in [9.17, 15) is 8.42 Å². The van der Waals surface area contributed by atoms with Crippen molar-refractivity contribution < 1.29 is 8.42 Å². The highest BCUT2D eigenvalue weighted by atomic mass is 79.9. The lowest BCUT2D eigenvalue weighted by Crippen LogP contribution is -2.41. The van der Waals surface area contributed by atoms with Crippen molar-refractivity contribution in [2.24, 2.45) is 0 Å². The maximum absolute atomic E-state index is 12.9. The molecule has 7 heteroatoms.